The van der Waals surface area contributed by atoms with Gasteiger partial charge in [0.05, 0.1) is 12.2 Å². The SMILES string of the molecule is CC1=NNC(=O)CC1C.CCOC(=O)c1ccc(NC(=O)Nc2cccc(C)c2)cc1. The van der Waals surface area contributed by atoms with Crippen LogP contribution in [-0.2, 0) is 9.53 Å². The van der Waals surface area contributed by atoms with Crippen LogP contribution in [0, 0.1) is 12.8 Å². The topological polar surface area (TPSA) is 109 Å². The molecule has 0 aromatic heterocycles. The number of nitrogens with one attached hydrogen (secondary N) is 3. The zero-order valence-electron chi connectivity index (χ0n) is 18.2. The summed E-state index contributed by atoms with van der Waals surface area (Å²) in [4.78, 5) is 34.0. The van der Waals surface area contributed by atoms with E-state index < -0.39 is 0 Å². The second-order valence-corrected chi connectivity index (χ2v) is 7.14. The fourth-order valence-corrected chi connectivity index (χ4v) is 2.65. The lowest BCUT2D eigenvalue weighted by atomic mass is 10.0. The summed E-state index contributed by atoms with van der Waals surface area (Å²) in [6.07, 6.45) is 0.579. The Bertz CT molecular complexity index is 954. The molecule has 1 heterocycles. The van der Waals surface area contributed by atoms with Crippen molar-refractivity contribution in [1.29, 1.82) is 0 Å². The lowest BCUT2D eigenvalue weighted by Gasteiger charge is -2.14. The summed E-state index contributed by atoms with van der Waals surface area (Å²) in [5.41, 5.74) is 6.26. The first kappa shape index (κ1) is 23.6. The molecule has 0 radical (unpaired) electrons. The average molecular weight is 425 g/mol. The monoisotopic (exact) mass is 424 g/mol. The smallest absolute Gasteiger partial charge is 0.338 e. The van der Waals surface area contributed by atoms with Crippen LogP contribution in [0.5, 0.6) is 0 Å². The first-order valence-corrected chi connectivity index (χ1v) is 10.0. The first-order valence-electron chi connectivity index (χ1n) is 10.0. The van der Waals surface area contributed by atoms with Gasteiger partial charge in [-0.1, -0.05) is 19.1 Å². The molecule has 3 rings (SSSR count). The zero-order chi connectivity index (χ0) is 22.8. The van der Waals surface area contributed by atoms with Gasteiger partial charge in [0, 0.05) is 29.4 Å². The number of aryl methyl sites for hydroxylation is 1. The number of benzene rings is 2. The molecule has 0 bridgehead atoms. The van der Waals surface area contributed by atoms with Gasteiger partial charge in [-0.15, -0.1) is 0 Å². The minimum atomic E-state index is -0.377. The van der Waals surface area contributed by atoms with E-state index >= 15 is 0 Å². The van der Waals surface area contributed by atoms with Crippen molar-refractivity contribution in [2.75, 3.05) is 17.2 Å². The highest BCUT2D eigenvalue weighted by atomic mass is 16.5. The van der Waals surface area contributed by atoms with Crippen LogP contribution < -0.4 is 16.1 Å². The van der Waals surface area contributed by atoms with Crippen molar-refractivity contribution < 1.29 is 19.1 Å². The molecule has 0 fully saturated rings. The summed E-state index contributed by atoms with van der Waals surface area (Å²) in [5, 5.41) is 9.26. The summed E-state index contributed by atoms with van der Waals surface area (Å²) >= 11 is 0. The molecule has 164 valence electrons. The third-order valence-electron chi connectivity index (χ3n) is 4.49. The van der Waals surface area contributed by atoms with E-state index in [2.05, 4.69) is 21.2 Å². The number of esters is 1. The molecular formula is C23H28N4O4. The Morgan fingerprint density at radius 2 is 1.77 bits per heavy atom. The molecule has 1 aliphatic heterocycles. The quantitative estimate of drug-likeness (QED) is 0.635. The van der Waals surface area contributed by atoms with E-state index in [0.29, 0.717) is 30.2 Å². The second kappa shape index (κ2) is 11.5. The Morgan fingerprint density at radius 3 is 2.35 bits per heavy atom. The predicted molar refractivity (Wildman–Crippen MR) is 121 cm³/mol. The van der Waals surface area contributed by atoms with Crippen LogP contribution in [0.1, 0.15) is 43.1 Å². The summed E-state index contributed by atoms with van der Waals surface area (Å²) in [6, 6.07) is 13.7. The van der Waals surface area contributed by atoms with Gasteiger partial charge in [0.25, 0.3) is 0 Å². The minimum Gasteiger partial charge on any atom is -0.462 e. The van der Waals surface area contributed by atoms with Gasteiger partial charge in [-0.05, 0) is 62.7 Å². The summed E-state index contributed by atoms with van der Waals surface area (Å²) < 4.78 is 4.90. The highest BCUT2D eigenvalue weighted by molar-refractivity contribution is 6.00. The number of carbonyl (C=O) groups excluding carboxylic acids is 3. The van der Waals surface area contributed by atoms with E-state index in [1.807, 2.05) is 45.0 Å². The molecule has 0 saturated carbocycles. The van der Waals surface area contributed by atoms with Gasteiger partial charge in [0.1, 0.15) is 0 Å². The molecular weight excluding hydrogens is 396 g/mol. The van der Waals surface area contributed by atoms with Gasteiger partial charge in [-0.2, -0.15) is 5.10 Å². The van der Waals surface area contributed by atoms with Crippen LogP contribution in [0.2, 0.25) is 0 Å². The molecule has 0 spiro atoms. The molecule has 8 heteroatoms. The predicted octanol–water partition coefficient (Wildman–Crippen LogP) is 4.33. The Labute approximate surface area is 182 Å². The van der Waals surface area contributed by atoms with Crippen LogP contribution in [-0.4, -0.2) is 30.2 Å². The van der Waals surface area contributed by atoms with Crippen LogP contribution in [0.4, 0.5) is 16.2 Å². The van der Waals surface area contributed by atoms with Crippen LogP contribution in [0.3, 0.4) is 0 Å². The average Bonchev–Trinajstić information content (AvgIpc) is 2.72. The number of hydrogen-bond acceptors (Lipinski definition) is 5. The number of urea groups is 1. The van der Waals surface area contributed by atoms with Crippen molar-refractivity contribution in [3.63, 3.8) is 0 Å². The van der Waals surface area contributed by atoms with Gasteiger partial charge in [-0.25, -0.2) is 15.0 Å². The van der Waals surface area contributed by atoms with Crippen molar-refractivity contribution in [2.45, 2.75) is 34.1 Å². The first-order chi connectivity index (χ1) is 14.8. The van der Waals surface area contributed by atoms with Crippen LogP contribution in [0.15, 0.2) is 53.6 Å². The van der Waals surface area contributed by atoms with Crippen LogP contribution in [0.25, 0.3) is 0 Å². The third kappa shape index (κ3) is 7.93. The van der Waals surface area contributed by atoms with E-state index in [1.165, 1.54) is 0 Å². The molecule has 3 amide bonds. The highest BCUT2D eigenvalue weighted by Gasteiger charge is 2.15. The number of carbonyl (C=O) groups is 3. The van der Waals surface area contributed by atoms with E-state index in [4.69, 9.17) is 4.74 Å². The van der Waals surface area contributed by atoms with Crippen molar-refractivity contribution in [1.82, 2.24) is 5.43 Å². The Balaban J connectivity index is 0.000000316. The summed E-state index contributed by atoms with van der Waals surface area (Å²) in [7, 11) is 0. The number of amides is 3. The number of ether oxygens (including phenoxy) is 1. The maximum atomic E-state index is 11.9. The van der Waals surface area contributed by atoms with Crippen molar-refractivity contribution in [2.24, 2.45) is 11.0 Å². The highest BCUT2D eigenvalue weighted by Crippen LogP contribution is 2.13. The fourth-order valence-electron chi connectivity index (χ4n) is 2.65. The molecule has 0 aliphatic carbocycles. The van der Waals surface area contributed by atoms with Crippen LogP contribution >= 0.6 is 0 Å². The molecule has 0 saturated heterocycles. The third-order valence-corrected chi connectivity index (χ3v) is 4.49. The normalized spacial score (nSPS) is 14.9. The standard InChI is InChI=1S/C17H18N2O3.C6H10N2O/c1-3-22-16(20)13-7-9-14(10-8-13)18-17(21)19-15-6-4-5-12(2)11-15;1-4-3-6(9)8-7-5(4)2/h4-11H,3H2,1-2H3,(H2,18,19,21);4H,3H2,1-2H3,(H,8,9). The molecule has 31 heavy (non-hydrogen) atoms. The molecule has 1 unspecified atom stereocenters. The summed E-state index contributed by atoms with van der Waals surface area (Å²) in [5.74, 6) is -0.0369. The Morgan fingerprint density at radius 1 is 1.10 bits per heavy atom. The molecule has 8 nitrogen and oxygen atoms in total. The van der Waals surface area contributed by atoms with Gasteiger partial charge in [0.2, 0.25) is 5.91 Å². The van der Waals surface area contributed by atoms with Gasteiger partial charge >= 0.3 is 12.0 Å². The summed E-state index contributed by atoms with van der Waals surface area (Å²) in [6.45, 7) is 7.96. The van der Waals surface area contributed by atoms with Gasteiger partial charge in [-0.3, -0.25) is 4.79 Å². The lowest BCUT2D eigenvalue weighted by molar-refractivity contribution is -0.121. The maximum absolute atomic E-state index is 11.9. The van der Waals surface area contributed by atoms with Gasteiger partial charge in [0.15, 0.2) is 0 Å². The van der Waals surface area contributed by atoms with Crippen molar-refractivity contribution in [3.05, 3.63) is 59.7 Å². The van der Waals surface area contributed by atoms with E-state index in [0.717, 1.165) is 17.0 Å². The number of anilines is 2. The minimum absolute atomic E-state index is 0.0214. The maximum Gasteiger partial charge on any atom is 0.338 e. The fraction of sp³-hybridized carbons (Fsp3) is 0.304. The molecule has 2 aromatic rings. The Hall–Kier alpha value is -3.68. The number of rotatable bonds is 4. The molecule has 1 aliphatic rings. The number of hydrazone groups is 1. The molecule has 3 N–H and O–H groups in total. The van der Waals surface area contributed by atoms with Crippen molar-refractivity contribution in [3.8, 4) is 0 Å². The second-order valence-electron chi connectivity index (χ2n) is 7.14. The van der Waals surface area contributed by atoms with E-state index in [-0.39, 0.29) is 17.9 Å². The largest absolute Gasteiger partial charge is 0.462 e. The van der Waals surface area contributed by atoms with E-state index in [9.17, 15) is 14.4 Å². The number of hydrogen-bond donors (Lipinski definition) is 3. The lowest BCUT2D eigenvalue weighted by Crippen LogP contribution is -2.29. The van der Waals surface area contributed by atoms with E-state index in [1.54, 1.807) is 31.2 Å². The van der Waals surface area contributed by atoms with Crippen molar-refractivity contribution >= 4 is 35.0 Å². The Kier molecular flexibility index (Phi) is 8.75. The van der Waals surface area contributed by atoms with Gasteiger partial charge < -0.3 is 15.4 Å². The molecule has 1 atom stereocenters. The zero-order valence-corrected chi connectivity index (χ0v) is 18.2. The number of nitrogens with zero attached hydrogens (tertiary/aromatic N) is 1. The molecule has 2 aromatic carbocycles.